The molecule has 1 aliphatic rings. The van der Waals surface area contributed by atoms with Crippen molar-refractivity contribution in [3.05, 3.63) is 29.8 Å². The lowest BCUT2D eigenvalue weighted by atomic mass is 9.90. The molecule has 1 aromatic rings. The first-order chi connectivity index (χ1) is 9.16. The molecule has 2 rings (SSSR count). The zero-order valence-corrected chi connectivity index (χ0v) is 10.9. The Morgan fingerprint density at radius 2 is 1.74 bits per heavy atom. The zero-order chi connectivity index (χ0) is 13.7. The molecule has 4 heteroatoms. The average molecular weight is 258 g/mol. The molecule has 0 bridgehead atoms. The number of aliphatic carboxylic acids is 1. The molecule has 100 valence electrons. The van der Waals surface area contributed by atoms with Gasteiger partial charge in [-0.25, -0.2) is 4.79 Å². The van der Waals surface area contributed by atoms with Gasteiger partial charge < -0.3 is 10.4 Å². The van der Waals surface area contributed by atoms with Gasteiger partial charge in [0.25, 0.3) is 0 Å². The summed E-state index contributed by atoms with van der Waals surface area (Å²) in [5.74, 6) is -0.779. The number of nitrogens with zero attached hydrogens (tertiary/aromatic N) is 1. The summed E-state index contributed by atoms with van der Waals surface area (Å²) in [6, 6.07) is 9.01. The zero-order valence-electron chi connectivity index (χ0n) is 10.9. The Morgan fingerprint density at radius 1 is 1.16 bits per heavy atom. The fourth-order valence-electron chi connectivity index (χ4n) is 2.63. The Balaban J connectivity index is 2.20. The average Bonchev–Trinajstić information content (AvgIpc) is 2.66. The monoisotopic (exact) mass is 258 g/mol. The number of carbonyl (C=O) groups is 1. The number of benzene rings is 1. The summed E-state index contributed by atoms with van der Waals surface area (Å²) in [5, 5.41) is 21.5. The van der Waals surface area contributed by atoms with Crippen LogP contribution in [0.25, 0.3) is 0 Å². The van der Waals surface area contributed by atoms with E-state index in [0.717, 1.165) is 31.4 Å². The SMILES string of the molecule is N#Cc1ccc(NC2(C(=O)O)CCCCCC2)cc1. The van der Waals surface area contributed by atoms with Crippen molar-refractivity contribution in [2.45, 2.75) is 44.1 Å². The second-order valence-corrected chi connectivity index (χ2v) is 5.12. The molecular formula is C15H18N2O2. The van der Waals surface area contributed by atoms with Gasteiger partial charge in [0.15, 0.2) is 0 Å². The van der Waals surface area contributed by atoms with Crippen molar-refractivity contribution in [2.75, 3.05) is 5.32 Å². The molecule has 0 saturated heterocycles. The number of nitrogens with one attached hydrogen (secondary N) is 1. The minimum absolute atomic E-state index is 0.579. The molecular weight excluding hydrogens is 240 g/mol. The number of hydrogen-bond acceptors (Lipinski definition) is 3. The van der Waals surface area contributed by atoms with Gasteiger partial charge in [0.1, 0.15) is 5.54 Å². The molecule has 2 N–H and O–H groups in total. The third-order valence-electron chi connectivity index (χ3n) is 3.76. The summed E-state index contributed by atoms with van der Waals surface area (Å²) in [7, 11) is 0. The van der Waals surface area contributed by atoms with E-state index in [1.165, 1.54) is 0 Å². The van der Waals surface area contributed by atoms with Crippen LogP contribution in [-0.2, 0) is 4.79 Å². The Morgan fingerprint density at radius 3 is 2.21 bits per heavy atom. The first kappa shape index (κ1) is 13.4. The number of hydrogen-bond donors (Lipinski definition) is 2. The third-order valence-corrected chi connectivity index (χ3v) is 3.76. The molecule has 0 atom stereocenters. The van der Waals surface area contributed by atoms with Crippen molar-refractivity contribution in [1.29, 1.82) is 5.26 Å². The highest BCUT2D eigenvalue weighted by atomic mass is 16.4. The van der Waals surface area contributed by atoms with Crippen molar-refractivity contribution in [2.24, 2.45) is 0 Å². The highest BCUT2D eigenvalue weighted by Crippen LogP contribution is 2.31. The fraction of sp³-hybridized carbons (Fsp3) is 0.467. The second-order valence-electron chi connectivity index (χ2n) is 5.12. The number of anilines is 1. The maximum Gasteiger partial charge on any atom is 0.329 e. The number of carboxylic acid groups (broad SMARTS) is 1. The largest absolute Gasteiger partial charge is 0.480 e. The van der Waals surface area contributed by atoms with E-state index >= 15 is 0 Å². The Kier molecular flexibility index (Phi) is 4.06. The lowest BCUT2D eigenvalue weighted by molar-refractivity contribution is -0.142. The summed E-state index contributed by atoms with van der Waals surface area (Å²) >= 11 is 0. The van der Waals surface area contributed by atoms with E-state index in [9.17, 15) is 9.90 Å². The molecule has 0 radical (unpaired) electrons. The molecule has 0 amide bonds. The van der Waals surface area contributed by atoms with Crippen LogP contribution >= 0.6 is 0 Å². The lowest BCUT2D eigenvalue weighted by Crippen LogP contribution is -2.45. The van der Waals surface area contributed by atoms with Gasteiger partial charge >= 0.3 is 5.97 Å². The van der Waals surface area contributed by atoms with E-state index in [0.29, 0.717) is 18.4 Å². The van der Waals surface area contributed by atoms with E-state index in [1.807, 2.05) is 0 Å². The van der Waals surface area contributed by atoms with Crippen LogP contribution < -0.4 is 5.32 Å². The van der Waals surface area contributed by atoms with Gasteiger partial charge in [-0.15, -0.1) is 0 Å². The summed E-state index contributed by atoms with van der Waals surface area (Å²) in [6.07, 6.45) is 5.39. The van der Waals surface area contributed by atoms with E-state index in [-0.39, 0.29) is 0 Å². The Hall–Kier alpha value is -2.02. The van der Waals surface area contributed by atoms with Crippen molar-refractivity contribution in [3.63, 3.8) is 0 Å². The topological polar surface area (TPSA) is 73.1 Å². The van der Waals surface area contributed by atoms with Gasteiger partial charge in [0.2, 0.25) is 0 Å². The van der Waals surface area contributed by atoms with Crippen molar-refractivity contribution < 1.29 is 9.90 Å². The van der Waals surface area contributed by atoms with Crippen LogP contribution in [0.15, 0.2) is 24.3 Å². The van der Waals surface area contributed by atoms with E-state index < -0.39 is 11.5 Å². The van der Waals surface area contributed by atoms with Crippen LogP contribution in [0.5, 0.6) is 0 Å². The van der Waals surface area contributed by atoms with Crippen LogP contribution in [0.1, 0.15) is 44.1 Å². The summed E-state index contributed by atoms with van der Waals surface area (Å²) in [4.78, 5) is 11.6. The van der Waals surface area contributed by atoms with Crippen LogP contribution in [0.3, 0.4) is 0 Å². The molecule has 0 spiro atoms. The Bertz CT molecular complexity index is 480. The summed E-state index contributed by atoms with van der Waals surface area (Å²) in [6.45, 7) is 0. The molecule has 1 aromatic carbocycles. The second kappa shape index (κ2) is 5.75. The fourth-order valence-corrected chi connectivity index (χ4v) is 2.63. The molecule has 0 aliphatic heterocycles. The molecule has 0 aromatic heterocycles. The van der Waals surface area contributed by atoms with Crippen LogP contribution in [-0.4, -0.2) is 16.6 Å². The predicted molar refractivity (Wildman–Crippen MR) is 72.8 cm³/mol. The summed E-state index contributed by atoms with van der Waals surface area (Å²) in [5.41, 5.74) is 0.490. The minimum Gasteiger partial charge on any atom is -0.480 e. The highest BCUT2D eigenvalue weighted by molar-refractivity contribution is 5.82. The quantitative estimate of drug-likeness (QED) is 0.817. The van der Waals surface area contributed by atoms with Crippen molar-refractivity contribution in [3.8, 4) is 6.07 Å². The molecule has 1 fully saturated rings. The normalized spacial score (nSPS) is 18.1. The maximum absolute atomic E-state index is 11.6. The number of nitriles is 1. The van der Waals surface area contributed by atoms with Gasteiger partial charge in [-0.3, -0.25) is 0 Å². The molecule has 4 nitrogen and oxygen atoms in total. The Labute approximate surface area is 113 Å². The first-order valence-corrected chi connectivity index (χ1v) is 6.68. The standard InChI is InChI=1S/C15H18N2O2/c16-11-12-5-7-13(8-6-12)17-15(14(18)19)9-3-1-2-4-10-15/h5-8,17H,1-4,9-10H2,(H,18,19). The maximum atomic E-state index is 11.6. The first-order valence-electron chi connectivity index (χ1n) is 6.68. The van der Waals surface area contributed by atoms with Gasteiger partial charge in [0.05, 0.1) is 11.6 Å². The van der Waals surface area contributed by atoms with Crippen LogP contribution in [0.4, 0.5) is 5.69 Å². The van der Waals surface area contributed by atoms with Gasteiger partial charge in [-0.2, -0.15) is 5.26 Å². The van der Waals surface area contributed by atoms with E-state index in [2.05, 4.69) is 11.4 Å². The minimum atomic E-state index is -0.856. The molecule has 1 aliphatic carbocycles. The molecule has 0 unspecified atom stereocenters. The van der Waals surface area contributed by atoms with Gasteiger partial charge in [-0.05, 0) is 37.1 Å². The van der Waals surface area contributed by atoms with Crippen molar-refractivity contribution >= 4 is 11.7 Å². The predicted octanol–water partition coefficient (Wildman–Crippen LogP) is 3.15. The van der Waals surface area contributed by atoms with Gasteiger partial charge in [0, 0.05) is 5.69 Å². The molecule has 19 heavy (non-hydrogen) atoms. The van der Waals surface area contributed by atoms with Crippen LogP contribution in [0.2, 0.25) is 0 Å². The van der Waals surface area contributed by atoms with E-state index in [1.54, 1.807) is 24.3 Å². The van der Waals surface area contributed by atoms with Crippen molar-refractivity contribution in [1.82, 2.24) is 0 Å². The summed E-state index contributed by atoms with van der Waals surface area (Å²) < 4.78 is 0. The number of carboxylic acids is 1. The van der Waals surface area contributed by atoms with Gasteiger partial charge in [-0.1, -0.05) is 25.7 Å². The van der Waals surface area contributed by atoms with Crippen LogP contribution in [0, 0.1) is 11.3 Å². The molecule has 1 saturated carbocycles. The highest BCUT2D eigenvalue weighted by Gasteiger charge is 2.38. The lowest BCUT2D eigenvalue weighted by Gasteiger charge is -2.30. The smallest absolute Gasteiger partial charge is 0.329 e. The number of rotatable bonds is 3. The molecule has 0 heterocycles. The van der Waals surface area contributed by atoms with E-state index in [4.69, 9.17) is 5.26 Å². The third kappa shape index (κ3) is 3.05.